The number of rotatable bonds is 4. The van der Waals surface area contributed by atoms with Gasteiger partial charge in [-0.25, -0.2) is 0 Å². The van der Waals surface area contributed by atoms with E-state index in [2.05, 4.69) is 95.3 Å². The Kier molecular flexibility index (Phi) is 5.38. The molecule has 39 heavy (non-hydrogen) atoms. The second kappa shape index (κ2) is 9.20. The number of allylic oxidation sites excluding steroid dienone is 5. The average molecular weight is 498 g/mol. The molecule has 2 aliphatic rings. The monoisotopic (exact) mass is 497 g/mol. The molecule has 0 aliphatic heterocycles. The molecule has 0 unspecified atom stereocenters. The fraction of sp³-hybridized carbons (Fsp3) is 0.0833. The molecule has 3 heteroatoms. The van der Waals surface area contributed by atoms with Crippen LogP contribution in [0.25, 0.3) is 38.6 Å². The third kappa shape index (κ3) is 3.74. The van der Waals surface area contributed by atoms with Crippen molar-refractivity contribution < 1.29 is 0 Å². The van der Waals surface area contributed by atoms with E-state index in [1.165, 1.54) is 27.8 Å². The van der Waals surface area contributed by atoms with Gasteiger partial charge in [-0.1, -0.05) is 66.4 Å². The van der Waals surface area contributed by atoms with Gasteiger partial charge in [0.2, 0.25) is 0 Å². The number of nitriles is 2. The number of benzene rings is 4. The van der Waals surface area contributed by atoms with Gasteiger partial charge in [0.25, 0.3) is 0 Å². The second-order valence-corrected chi connectivity index (χ2v) is 10.1. The fourth-order valence-electron chi connectivity index (χ4n) is 6.12. The van der Waals surface area contributed by atoms with Gasteiger partial charge in [-0.2, -0.15) is 10.5 Å². The van der Waals surface area contributed by atoms with Crippen molar-refractivity contribution in [2.24, 2.45) is 0 Å². The number of nitrogens with zero attached hydrogens (tertiary/aromatic N) is 3. The van der Waals surface area contributed by atoms with Gasteiger partial charge in [0, 0.05) is 16.7 Å². The molecule has 3 nitrogen and oxygen atoms in total. The Morgan fingerprint density at radius 3 is 1.92 bits per heavy atom. The predicted molar refractivity (Wildman–Crippen MR) is 157 cm³/mol. The molecular weight excluding hydrogens is 474 g/mol. The summed E-state index contributed by atoms with van der Waals surface area (Å²) in [5.41, 5.74) is 14.5. The molecule has 0 bridgehead atoms. The number of fused-ring (bicyclic) bond motifs is 6. The Balaban J connectivity index is 1.25. The van der Waals surface area contributed by atoms with Crippen molar-refractivity contribution in [3.8, 4) is 23.3 Å². The molecule has 4 aromatic carbocycles. The molecule has 0 atom stereocenters. The third-order valence-corrected chi connectivity index (χ3v) is 7.92. The summed E-state index contributed by atoms with van der Waals surface area (Å²) in [6, 6.07) is 33.5. The SMILES string of the molecule is N#Cc1ccc2c(c1)c1cc(C#N)ccc1n2C1=C=CC(CCC2c3ccccc3-c3ccccc32)=CC=C1. The fourth-order valence-corrected chi connectivity index (χ4v) is 6.12. The van der Waals surface area contributed by atoms with Crippen LogP contribution < -0.4 is 0 Å². The lowest BCUT2D eigenvalue weighted by Crippen LogP contribution is -1.97. The first-order valence-corrected chi connectivity index (χ1v) is 13.2. The molecule has 5 aromatic rings. The zero-order chi connectivity index (χ0) is 26.3. The summed E-state index contributed by atoms with van der Waals surface area (Å²) in [6.45, 7) is 0. The maximum atomic E-state index is 9.48. The minimum absolute atomic E-state index is 0.392. The van der Waals surface area contributed by atoms with Crippen molar-refractivity contribution in [3.63, 3.8) is 0 Å². The van der Waals surface area contributed by atoms with E-state index in [-0.39, 0.29) is 0 Å². The third-order valence-electron chi connectivity index (χ3n) is 7.92. The van der Waals surface area contributed by atoms with Crippen LogP contribution in [0.4, 0.5) is 0 Å². The van der Waals surface area contributed by atoms with Gasteiger partial charge in [0.1, 0.15) is 0 Å². The molecular formula is C36H23N3. The Hall–Kier alpha value is -5.34. The smallest absolute Gasteiger partial charge is 0.0991 e. The zero-order valence-electron chi connectivity index (χ0n) is 21.2. The molecule has 1 heterocycles. The van der Waals surface area contributed by atoms with Gasteiger partial charge >= 0.3 is 0 Å². The van der Waals surface area contributed by atoms with Gasteiger partial charge in [0.05, 0.1) is 40.0 Å². The van der Waals surface area contributed by atoms with E-state index in [0.717, 1.165) is 40.3 Å². The summed E-state index contributed by atoms with van der Waals surface area (Å²) in [6.07, 6.45) is 10.4. The molecule has 2 aliphatic carbocycles. The van der Waals surface area contributed by atoms with Gasteiger partial charge < -0.3 is 4.57 Å². The topological polar surface area (TPSA) is 52.5 Å². The lowest BCUT2D eigenvalue weighted by molar-refractivity contribution is 0.732. The Morgan fingerprint density at radius 1 is 0.744 bits per heavy atom. The number of hydrogen-bond acceptors (Lipinski definition) is 2. The highest BCUT2D eigenvalue weighted by atomic mass is 15.0. The first-order valence-electron chi connectivity index (χ1n) is 13.2. The molecule has 0 radical (unpaired) electrons. The lowest BCUT2D eigenvalue weighted by Gasteiger charge is -2.13. The zero-order valence-corrected chi connectivity index (χ0v) is 21.2. The van der Waals surface area contributed by atoms with Crippen LogP contribution in [0.15, 0.2) is 121 Å². The average Bonchev–Trinajstić information content (AvgIpc) is 3.37. The van der Waals surface area contributed by atoms with Crippen molar-refractivity contribution in [3.05, 3.63) is 143 Å². The Bertz CT molecular complexity index is 1910. The normalized spacial score (nSPS) is 13.9. The first kappa shape index (κ1) is 22.8. The molecule has 0 saturated heterocycles. The van der Waals surface area contributed by atoms with Crippen LogP contribution in [-0.4, -0.2) is 4.57 Å². The minimum Gasteiger partial charge on any atom is -0.302 e. The second-order valence-electron chi connectivity index (χ2n) is 10.1. The molecule has 0 fully saturated rings. The molecule has 7 rings (SSSR count). The van der Waals surface area contributed by atoms with Gasteiger partial charge in [-0.05, 0) is 89.2 Å². The van der Waals surface area contributed by atoms with E-state index < -0.39 is 0 Å². The van der Waals surface area contributed by atoms with Crippen LogP contribution in [-0.2, 0) is 0 Å². The highest BCUT2D eigenvalue weighted by molar-refractivity contribution is 6.11. The van der Waals surface area contributed by atoms with E-state index >= 15 is 0 Å². The van der Waals surface area contributed by atoms with Crippen LogP contribution in [0.2, 0.25) is 0 Å². The van der Waals surface area contributed by atoms with Crippen LogP contribution in [0.1, 0.15) is 41.0 Å². The highest BCUT2D eigenvalue weighted by Gasteiger charge is 2.27. The van der Waals surface area contributed by atoms with E-state index in [1.807, 2.05) is 36.4 Å². The van der Waals surface area contributed by atoms with Gasteiger partial charge in [0.15, 0.2) is 0 Å². The molecule has 0 spiro atoms. The maximum Gasteiger partial charge on any atom is 0.0991 e. The van der Waals surface area contributed by atoms with Crippen LogP contribution in [0.3, 0.4) is 0 Å². The Labute approximate surface area is 227 Å². The quantitative estimate of drug-likeness (QED) is 0.233. The summed E-state index contributed by atoms with van der Waals surface area (Å²) in [5, 5.41) is 20.9. The van der Waals surface area contributed by atoms with Crippen molar-refractivity contribution in [1.29, 1.82) is 10.5 Å². The van der Waals surface area contributed by atoms with E-state index in [1.54, 1.807) is 0 Å². The summed E-state index contributed by atoms with van der Waals surface area (Å²) in [7, 11) is 0. The largest absolute Gasteiger partial charge is 0.302 e. The molecule has 182 valence electrons. The summed E-state index contributed by atoms with van der Waals surface area (Å²) in [4.78, 5) is 0. The predicted octanol–water partition coefficient (Wildman–Crippen LogP) is 8.62. The highest BCUT2D eigenvalue weighted by Crippen LogP contribution is 2.47. The van der Waals surface area contributed by atoms with Crippen molar-refractivity contribution in [2.45, 2.75) is 18.8 Å². The van der Waals surface area contributed by atoms with Gasteiger partial charge in [-0.15, -0.1) is 0 Å². The van der Waals surface area contributed by atoms with E-state index in [9.17, 15) is 10.5 Å². The summed E-state index contributed by atoms with van der Waals surface area (Å²) in [5.74, 6) is 0.392. The van der Waals surface area contributed by atoms with Gasteiger partial charge in [-0.3, -0.25) is 0 Å². The summed E-state index contributed by atoms with van der Waals surface area (Å²) < 4.78 is 2.17. The standard InChI is InChI=1S/C36H23N3/c37-22-25-14-18-35-33(20-25)34-21-26(23-38)15-19-36(34)39(35)27-7-5-6-24(12-16-27)13-17-32-30-10-3-1-8-28(30)29-9-2-4-11-31(29)32/h1-12,14-15,18-21,32H,13,17H2. The van der Waals surface area contributed by atoms with Crippen LogP contribution >= 0.6 is 0 Å². The lowest BCUT2D eigenvalue weighted by atomic mass is 9.90. The Morgan fingerprint density at radius 2 is 1.33 bits per heavy atom. The first-order chi connectivity index (χ1) is 19.2. The number of aromatic nitrogens is 1. The molecule has 0 N–H and O–H groups in total. The minimum atomic E-state index is 0.392. The van der Waals surface area contributed by atoms with Crippen LogP contribution in [0, 0.1) is 22.7 Å². The maximum absolute atomic E-state index is 9.48. The molecule has 0 saturated carbocycles. The number of hydrogen-bond donors (Lipinski definition) is 0. The molecule has 1 aromatic heterocycles. The van der Waals surface area contributed by atoms with E-state index in [0.29, 0.717) is 17.0 Å². The van der Waals surface area contributed by atoms with Crippen molar-refractivity contribution >= 4 is 27.5 Å². The molecule has 0 amide bonds. The van der Waals surface area contributed by atoms with Crippen molar-refractivity contribution in [2.75, 3.05) is 0 Å². The van der Waals surface area contributed by atoms with Crippen molar-refractivity contribution in [1.82, 2.24) is 4.57 Å². The summed E-state index contributed by atoms with van der Waals surface area (Å²) >= 11 is 0. The van der Waals surface area contributed by atoms with Crippen LogP contribution in [0.5, 0.6) is 0 Å². The van der Waals surface area contributed by atoms with E-state index in [4.69, 9.17) is 0 Å².